The van der Waals surface area contributed by atoms with Gasteiger partial charge in [0.2, 0.25) is 5.92 Å². The van der Waals surface area contributed by atoms with Gasteiger partial charge in [-0.25, -0.2) is 8.78 Å². The molecule has 172 valence electrons. The van der Waals surface area contributed by atoms with Crippen molar-refractivity contribution in [1.82, 2.24) is 14.9 Å². The molecule has 1 saturated carbocycles. The van der Waals surface area contributed by atoms with Gasteiger partial charge >= 0.3 is 0 Å². The summed E-state index contributed by atoms with van der Waals surface area (Å²) in [6.07, 6.45) is 4.23. The smallest absolute Gasteiger partial charge is 0.254 e. The van der Waals surface area contributed by atoms with E-state index in [4.69, 9.17) is 0 Å². The lowest BCUT2D eigenvalue weighted by Crippen LogP contribution is -2.33. The van der Waals surface area contributed by atoms with Crippen molar-refractivity contribution in [2.75, 3.05) is 0 Å². The van der Waals surface area contributed by atoms with Crippen LogP contribution in [0.2, 0.25) is 0 Å². The van der Waals surface area contributed by atoms with E-state index in [1.54, 1.807) is 16.8 Å². The van der Waals surface area contributed by atoms with Crippen LogP contribution in [-0.4, -0.2) is 21.4 Å². The van der Waals surface area contributed by atoms with Crippen molar-refractivity contribution in [3.8, 4) is 0 Å². The number of carbonyl (C=O) groups excluding carboxylic acids is 1. The highest BCUT2D eigenvalue weighted by Crippen LogP contribution is 2.40. The maximum absolute atomic E-state index is 13.8. The summed E-state index contributed by atoms with van der Waals surface area (Å²) in [5, 5.41) is 3.88. The number of amides is 1. The fraction of sp³-hybridized carbons (Fsp3) is 0.423. The lowest BCUT2D eigenvalue weighted by molar-refractivity contribution is -0.0438. The second kappa shape index (κ2) is 8.36. The Morgan fingerprint density at radius 2 is 1.91 bits per heavy atom. The van der Waals surface area contributed by atoms with Crippen LogP contribution in [-0.2, 0) is 12.8 Å². The Labute approximate surface area is 190 Å². The largest absolute Gasteiger partial charge is 0.344 e. The van der Waals surface area contributed by atoms with Gasteiger partial charge in [-0.15, -0.1) is 0 Å². The Morgan fingerprint density at radius 3 is 2.64 bits per heavy atom. The molecule has 2 aromatic heterocycles. The molecule has 1 fully saturated rings. The number of fused-ring (bicyclic) bond motifs is 3. The predicted molar refractivity (Wildman–Crippen MR) is 123 cm³/mol. The number of carbonyl (C=O) groups is 1. The topological polar surface area (TPSA) is 64.0 Å². The van der Waals surface area contributed by atoms with Crippen molar-refractivity contribution < 1.29 is 13.6 Å². The molecule has 1 amide bonds. The molecule has 7 heteroatoms. The first kappa shape index (κ1) is 21.7. The number of aromatic nitrogens is 2. The average molecular weight is 452 g/mol. The van der Waals surface area contributed by atoms with Gasteiger partial charge in [0.05, 0.1) is 17.3 Å². The van der Waals surface area contributed by atoms with Crippen LogP contribution in [0, 0.1) is 0 Å². The summed E-state index contributed by atoms with van der Waals surface area (Å²) in [5.74, 6) is -2.86. The number of halogens is 2. The van der Waals surface area contributed by atoms with Crippen LogP contribution in [0.5, 0.6) is 0 Å². The molecule has 3 aromatic rings. The van der Waals surface area contributed by atoms with E-state index in [9.17, 15) is 18.4 Å². The van der Waals surface area contributed by atoms with Crippen molar-refractivity contribution in [2.24, 2.45) is 0 Å². The highest BCUT2D eigenvalue weighted by Gasteiger charge is 2.37. The molecule has 5 nitrogen and oxygen atoms in total. The molecular formula is C26H27F2N3O2. The van der Waals surface area contributed by atoms with Gasteiger partial charge in [0.1, 0.15) is 0 Å². The zero-order valence-corrected chi connectivity index (χ0v) is 18.6. The Morgan fingerprint density at radius 1 is 1.15 bits per heavy atom. The normalized spacial score (nSPS) is 18.8. The maximum atomic E-state index is 13.8. The molecule has 1 N–H and O–H groups in total. The third-order valence-electron chi connectivity index (χ3n) is 7.07. The Balaban J connectivity index is 1.52. The van der Waals surface area contributed by atoms with Gasteiger partial charge in [-0.2, -0.15) is 0 Å². The molecule has 0 unspecified atom stereocenters. The number of alkyl halides is 2. The van der Waals surface area contributed by atoms with Crippen LogP contribution in [0.1, 0.15) is 78.3 Å². The molecular weight excluding hydrogens is 424 g/mol. The van der Waals surface area contributed by atoms with Gasteiger partial charge in [-0.1, -0.05) is 6.07 Å². The van der Waals surface area contributed by atoms with Crippen molar-refractivity contribution >= 4 is 16.8 Å². The summed E-state index contributed by atoms with van der Waals surface area (Å²) in [4.78, 5) is 30.7. The van der Waals surface area contributed by atoms with E-state index in [1.165, 1.54) is 0 Å². The number of nitrogens with zero attached hydrogens (tertiary/aromatic N) is 2. The van der Waals surface area contributed by atoms with Gasteiger partial charge < -0.3 is 9.88 Å². The Bertz CT molecular complexity index is 1260. The minimum Gasteiger partial charge on any atom is -0.344 e. The molecule has 1 aromatic carbocycles. The summed E-state index contributed by atoms with van der Waals surface area (Å²) >= 11 is 0. The van der Waals surface area contributed by atoms with E-state index >= 15 is 0 Å². The monoisotopic (exact) mass is 451 g/mol. The Hall–Kier alpha value is -3.09. The van der Waals surface area contributed by atoms with E-state index in [0.717, 1.165) is 40.6 Å². The van der Waals surface area contributed by atoms with E-state index in [1.807, 2.05) is 37.3 Å². The summed E-state index contributed by atoms with van der Waals surface area (Å²) < 4.78 is 29.2. The molecule has 0 spiro atoms. The first-order valence-electron chi connectivity index (χ1n) is 11.6. The summed E-state index contributed by atoms with van der Waals surface area (Å²) in [5.41, 5.74) is 3.76. The van der Waals surface area contributed by atoms with Crippen LogP contribution < -0.4 is 10.9 Å². The number of benzene rings is 1. The highest BCUT2D eigenvalue weighted by atomic mass is 19.3. The van der Waals surface area contributed by atoms with Gasteiger partial charge in [0, 0.05) is 41.6 Å². The molecule has 0 aliphatic heterocycles. The van der Waals surface area contributed by atoms with Crippen LogP contribution in [0.4, 0.5) is 8.78 Å². The molecule has 0 radical (unpaired) electrons. The minimum atomic E-state index is -2.65. The SMILES string of the molecule is C[C@H](NC(=O)c1ccc2c(c1)c1c(c(=O)n2C2CCC(F)(F)CC2)CCC1)c1ccccn1. The Kier molecular flexibility index (Phi) is 5.51. The number of hydrogen-bond donors (Lipinski definition) is 1. The van der Waals surface area contributed by atoms with Crippen molar-refractivity contribution in [1.29, 1.82) is 0 Å². The first-order valence-corrected chi connectivity index (χ1v) is 11.6. The first-order chi connectivity index (χ1) is 15.8. The van der Waals surface area contributed by atoms with Crippen LogP contribution >= 0.6 is 0 Å². The maximum Gasteiger partial charge on any atom is 0.254 e. The van der Waals surface area contributed by atoms with Crippen LogP contribution in [0.15, 0.2) is 47.4 Å². The lowest BCUT2D eigenvalue weighted by atomic mass is 9.91. The molecule has 1 atom stereocenters. The average Bonchev–Trinajstić information content (AvgIpc) is 3.31. The van der Waals surface area contributed by atoms with E-state index in [0.29, 0.717) is 12.0 Å². The standard InChI is InChI=1S/C26H27F2N3O2/c1-16(22-7-2-3-14-29-22)30-24(32)17-8-9-23-21(15-17)19-5-4-6-20(19)25(33)31(23)18-10-12-26(27,28)13-11-18/h2-3,7-9,14-16,18H,4-6,10-13H2,1H3,(H,30,32)/t16-/m0/s1. The van der Waals surface area contributed by atoms with Crippen LogP contribution in [0.3, 0.4) is 0 Å². The van der Waals surface area contributed by atoms with E-state index < -0.39 is 5.92 Å². The van der Waals surface area contributed by atoms with Crippen LogP contribution in [0.25, 0.3) is 10.9 Å². The molecule has 2 heterocycles. The van der Waals surface area contributed by atoms with Gasteiger partial charge in [-0.3, -0.25) is 14.6 Å². The van der Waals surface area contributed by atoms with Gasteiger partial charge in [0.15, 0.2) is 0 Å². The number of pyridine rings is 2. The third kappa shape index (κ3) is 4.05. The van der Waals surface area contributed by atoms with Gasteiger partial charge in [-0.05, 0) is 74.9 Å². The quantitative estimate of drug-likeness (QED) is 0.598. The number of nitrogens with one attached hydrogen (secondary N) is 1. The fourth-order valence-corrected chi connectivity index (χ4v) is 5.29. The van der Waals surface area contributed by atoms with Gasteiger partial charge in [0.25, 0.3) is 11.5 Å². The highest BCUT2D eigenvalue weighted by molar-refractivity contribution is 5.99. The number of rotatable bonds is 4. The minimum absolute atomic E-state index is 0.0498. The van der Waals surface area contributed by atoms with Crippen molar-refractivity contribution in [2.45, 2.75) is 69.9 Å². The second-order valence-electron chi connectivity index (χ2n) is 9.25. The number of hydrogen-bond acceptors (Lipinski definition) is 3. The molecule has 2 aliphatic rings. The molecule has 5 rings (SSSR count). The number of aryl methyl sites for hydroxylation is 1. The third-order valence-corrected chi connectivity index (χ3v) is 7.07. The van der Waals surface area contributed by atoms with E-state index in [2.05, 4.69) is 10.3 Å². The molecule has 2 aliphatic carbocycles. The molecule has 0 bridgehead atoms. The lowest BCUT2D eigenvalue weighted by Gasteiger charge is -2.31. The van der Waals surface area contributed by atoms with Crippen molar-refractivity contribution in [3.05, 3.63) is 75.3 Å². The summed E-state index contributed by atoms with van der Waals surface area (Å²) in [6.45, 7) is 1.88. The predicted octanol–water partition coefficient (Wildman–Crippen LogP) is 5.13. The summed E-state index contributed by atoms with van der Waals surface area (Å²) in [6, 6.07) is 10.5. The molecule has 0 saturated heterocycles. The fourth-order valence-electron chi connectivity index (χ4n) is 5.29. The van der Waals surface area contributed by atoms with E-state index in [-0.39, 0.29) is 49.2 Å². The van der Waals surface area contributed by atoms with Crippen molar-refractivity contribution in [3.63, 3.8) is 0 Å². The zero-order chi connectivity index (χ0) is 23.2. The zero-order valence-electron chi connectivity index (χ0n) is 18.6. The summed E-state index contributed by atoms with van der Waals surface area (Å²) in [7, 11) is 0. The second-order valence-corrected chi connectivity index (χ2v) is 9.25. The molecule has 33 heavy (non-hydrogen) atoms.